The van der Waals surface area contributed by atoms with Crippen molar-refractivity contribution in [1.82, 2.24) is 5.32 Å². The van der Waals surface area contributed by atoms with Gasteiger partial charge in [-0.25, -0.2) is 4.79 Å². The number of Topliss-reactive ketones (excluding diaryl/α,β-unsaturated/α-hetero) is 1. The zero-order chi connectivity index (χ0) is 16.6. The molecule has 1 aliphatic carbocycles. The molecule has 0 saturated heterocycles. The predicted molar refractivity (Wildman–Crippen MR) is 76.3 cm³/mol. The van der Waals surface area contributed by atoms with Gasteiger partial charge in [-0.2, -0.15) is 4.79 Å². The largest absolute Gasteiger partial charge is 0.480 e. The standard InChI is InChI=1S/C14H21N3O5/c1-22-14(7-3-2-4-8-14)13(21)17-11(12(19)20)6-5-10(18)9-16-15/h9,11H,2-8H2,1H3,(H,17,21)(H,19,20)/t11-/m0/s1. The van der Waals surface area contributed by atoms with Crippen LogP contribution >= 0.6 is 0 Å². The van der Waals surface area contributed by atoms with Crippen LogP contribution in [0.15, 0.2) is 0 Å². The SMILES string of the molecule is COC1(C(=O)N[C@@H](CCC(=O)C=[N+]=[N-])C(=O)O)CCCCC1. The topological polar surface area (TPSA) is 129 Å². The molecule has 1 aliphatic rings. The van der Waals surface area contributed by atoms with Crippen LogP contribution in [-0.4, -0.2) is 52.5 Å². The monoisotopic (exact) mass is 311 g/mol. The first-order valence-electron chi connectivity index (χ1n) is 7.24. The summed E-state index contributed by atoms with van der Waals surface area (Å²) in [7, 11) is 1.45. The van der Waals surface area contributed by atoms with E-state index in [1.807, 2.05) is 0 Å². The minimum atomic E-state index is -1.22. The van der Waals surface area contributed by atoms with Gasteiger partial charge in [0.2, 0.25) is 5.78 Å². The van der Waals surface area contributed by atoms with Crippen LogP contribution in [0.5, 0.6) is 0 Å². The minimum absolute atomic E-state index is 0.0777. The summed E-state index contributed by atoms with van der Waals surface area (Å²) in [6, 6.07) is -1.18. The van der Waals surface area contributed by atoms with Crippen LogP contribution in [0.3, 0.4) is 0 Å². The Morgan fingerprint density at radius 1 is 1.36 bits per heavy atom. The summed E-state index contributed by atoms with van der Waals surface area (Å²) in [4.78, 5) is 37.4. The number of carbonyl (C=O) groups is 3. The predicted octanol–water partition coefficient (Wildman–Crippen LogP) is 0.555. The number of nitrogens with zero attached hydrogens (tertiary/aromatic N) is 2. The first kappa shape index (κ1) is 18.0. The van der Waals surface area contributed by atoms with E-state index < -0.39 is 29.3 Å². The van der Waals surface area contributed by atoms with E-state index in [1.54, 1.807) is 0 Å². The Morgan fingerprint density at radius 3 is 2.50 bits per heavy atom. The molecule has 22 heavy (non-hydrogen) atoms. The van der Waals surface area contributed by atoms with Gasteiger partial charge < -0.3 is 20.7 Å². The molecule has 0 radical (unpaired) electrons. The third-order valence-corrected chi connectivity index (χ3v) is 3.95. The molecule has 1 rings (SSSR count). The number of ether oxygens (including phenoxy) is 1. The number of carboxylic acid groups (broad SMARTS) is 1. The summed E-state index contributed by atoms with van der Waals surface area (Å²) in [5, 5.41) is 11.6. The zero-order valence-corrected chi connectivity index (χ0v) is 12.6. The molecular formula is C14H21N3O5. The first-order valence-corrected chi connectivity index (χ1v) is 7.24. The molecule has 8 heteroatoms. The molecule has 0 aliphatic heterocycles. The molecule has 2 N–H and O–H groups in total. The second-order valence-electron chi connectivity index (χ2n) is 5.37. The van der Waals surface area contributed by atoms with Gasteiger partial charge in [0.25, 0.3) is 5.91 Å². The number of nitrogens with one attached hydrogen (secondary N) is 1. The molecule has 0 bridgehead atoms. The number of rotatable bonds is 8. The van der Waals surface area contributed by atoms with E-state index in [2.05, 4.69) is 10.1 Å². The van der Waals surface area contributed by atoms with Crippen molar-refractivity contribution in [2.24, 2.45) is 0 Å². The summed E-state index contributed by atoms with van der Waals surface area (Å²) >= 11 is 0. The van der Waals surface area contributed by atoms with Crippen LogP contribution in [0.1, 0.15) is 44.9 Å². The maximum atomic E-state index is 12.4. The van der Waals surface area contributed by atoms with Gasteiger partial charge >= 0.3 is 12.2 Å². The van der Waals surface area contributed by atoms with E-state index in [9.17, 15) is 19.5 Å². The van der Waals surface area contributed by atoms with E-state index in [1.165, 1.54) is 7.11 Å². The van der Waals surface area contributed by atoms with Crippen molar-refractivity contribution in [2.75, 3.05) is 7.11 Å². The number of methoxy groups -OCH3 is 1. The van der Waals surface area contributed by atoms with Crippen LogP contribution in [0, 0.1) is 0 Å². The average Bonchev–Trinajstić information content (AvgIpc) is 2.51. The van der Waals surface area contributed by atoms with E-state index >= 15 is 0 Å². The van der Waals surface area contributed by atoms with Crippen LogP contribution in [0.2, 0.25) is 0 Å². The fourth-order valence-corrected chi connectivity index (χ4v) is 2.61. The molecule has 0 aromatic heterocycles. The summed E-state index contributed by atoms with van der Waals surface area (Å²) in [5.41, 5.74) is 7.25. The summed E-state index contributed by atoms with van der Waals surface area (Å²) in [6.07, 6.45) is 4.33. The summed E-state index contributed by atoms with van der Waals surface area (Å²) in [6.45, 7) is 0. The number of hydrogen-bond donors (Lipinski definition) is 2. The number of aliphatic carboxylic acids is 1. The number of hydrogen-bond acceptors (Lipinski definition) is 4. The molecule has 122 valence electrons. The Morgan fingerprint density at radius 2 is 2.00 bits per heavy atom. The van der Waals surface area contributed by atoms with Gasteiger partial charge in [0.05, 0.1) is 0 Å². The van der Waals surface area contributed by atoms with Gasteiger partial charge in [-0.15, -0.1) is 0 Å². The highest BCUT2D eigenvalue weighted by molar-refractivity contribution is 6.25. The Hall–Kier alpha value is -2.05. The summed E-state index contributed by atoms with van der Waals surface area (Å²) in [5.74, 6) is -2.18. The normalized spacial score (nSPS) is 17.9. The molecule has 1 saturated carbocycles. The molecule has 0 aromatic carbocycles. The Bertz CT molecular complexity index is 479. The third-order valence-electron chi connectivity index (χ3n) is 3.95. The van der Waals surface area contributed by atoms with Gasteiger partial charge in [-0.1, -0.05) is 19.3 Å². The highest BCUT2D eigenvalue weighted by Crippen LogP contribution is 2.31. The van der Waals surface area contributed by atoms with Crippen molar-refractivity contribution in [3.05, 3.63) is 5.53 Å². The molecular weight excluding hydrogens is 290 g/mol. The van der Waals surface area contributed by atoms with Gasteiger partial charge in [0.15, 0.2) is 0 Å². The highest BCUT2D eigenvalue weighted by atomic mass is 16.5. The van der Waals surface area contributed by atoms with Crippen molar-refractivity contribution in [3.8, 4) is 0 Å². The number of ketones is 1. The lowest BCUT2D eigenvalue weighted by Gasteiger charge is -2.35. The lowest BCUT2D eigenvalue weighted by Crippen LogP contribution is -2.54. The van der Waals surface area contributed by atoms with Crippen molar-refractivity contribution < 1.29 is 29.0 Å². The van der Waals surface area contributed by atoms with Crippen molar-refractivity contribution in [1.29, 1.82) is 0 Å². The molecule has 8 nitrogen and oxygen atoms in total. The van der Waals surface area contributed by atoms with Gasteiger partial charge in [-0.05, 0) is 19.3 Å². The molecule has 0 unspecified atom stereocenters. The van der Waals surface area contributed by atoms with Gasteiger partial charge in [0.1, 0.15) is 11.6 Å². The van der Waals surface area contributed by atoms with Crippen molar-refractivity contribution in [2.45, 2.75) is 56.6 Å². The van der Waals surface area contributed by atoms with E-state index in [0.29, 0.717) is 19.1 Å². The van der Waals surface area contributed by atoms with Crippen LogP contribution in [-0.2, 0) is 19.1 Å². The zero-order valence-electron chi connectivity index (χ0n) is 12.6. The average molecular weight is 311 g/mol. The molecule has 0 spiro atoms. The smallest absolute Gasteiger partial charge is 0.326 e. The summed E-state index contributed by atoms with van der Waals surface area (Å²) < 4.78 is 5.36. The third kappa shape index (κ3) is 4.75. The minimum Gasteiger partial charge on any atom is -0.480 e. The van der Waals surface area contributed by atoms with E-state index in [4.69, 9.17) is 10.3 Å². The Kier molecular flexibility index (Phi) is 6.88. The fourth-order valence-electron chi connectivity index (χ4n) is 2.61. The lowest BCUT2D eigenvalue weighted by atomic mass is 9.83. The number of carbonyl (C=O) groups excluding carboxylic acids is 2. The molecule has 1 fully saturated rings. The molecule has 1 amide bonds. The van der Waals surface area contributed by atoms with E-state index in [-0.39, 0.29) is 12.8 Å². The Labute approximate surface area is 128 Å². The fraction of sp³-hybridized carbons (Fsp3) is 0.714. The number of carboxylic acids is 1. The number of amides is 1. The molecule has 0 heterocycles. The second kappa shape index (κ2) is 8.41. The Balaban J connectivity index is 2.68. The van der Waals surface area contributed by atoms with Crippen LogP contribution in [0.4, 0.5) is 0 Å². The van der Waals surface area contributed by atoms with Crippen molar-refractivity contribution in [3.63, 3.8) is 0 Å². The lowest BCUT2D eigenvalue weighted by molar-refractivity contribution is -0.152. The quantitative estimate of drug-likeness (QED) is 0.384. The maximum Gasteiger partial charge on any atom is 0.326 e. The van der Waals surface area contributed by atoms with Crippen LogP contribution in [0.25, 0.3) is 5.53 Å². The van der Waals surface area contributed by atoms with Gasteiger partial charge in [0, 0.05) is 13.5 Å². The van der Waals surface area contributed by atoms with Crippen LogP contribution < -0.4 is 5.32 Å². The molecule has 0 aromatic rings. The first-order chi connectivity index (χ1) is 10.4. The second-order valence-corrected chi connectivity index (χ2v) is 5.37. The van der Waals surface area contributed by atoms with E-state index in [0.717, 1.165) is 19.3 Å². The maximum absolute atomic E-state index is 12.4. The highest BCUT2D eigenvalue weighted by Gasteiger charge is 2.41. The molecule has 1 atom stereocenters. The van der Waals surface area contributed by atoms with Crippen molar-refractivity contribution >= 4 is 23.9 Å². The van der Waals surface area contributed by atoms with Gasteiger partial charge in [-0.3, -0.25) is 9.59 Å².